The van der Waals surface area contributed by atoms with Gasteiger partial charge in [-0.05, 0) is 11.6 Å². The molecule has 76 valence electrons. The Hall–Kier alpha value is -1.39. The molecule has 5 heteroatoms. The molecule has 0 saturated heterocycles. The Morgan fingerprint density at radius 3 is 2.36 bits per heavy atom. The van der Waals surface area contributed by atoms with E-state index in [9.17, 15) is 22.4 Å². The zero-order chi connectivity index (χ0) is 10.8. The highest BCUT2D eigenvalue weighted by Gasteiger charge is 2.28. The first-order chi connectivity index (χ1) is 6.42. The van der Waals surface area contributed by atoms with E-state index in [4.69, 9.17) is 0 Å². The van der Waals surface area contributed by atoms with Crippen LogP contribution < -0.4 is 0 Å². The lowest BCUT2D eigenvalue weighted by molar-refractivity contribution is -0.127. The largest absolute Gasteiger partial charge is 0.393 e. The summed E-state index contributed by atoms with van der Waals surface area (Å²) in [5.41, 5.74) is -0.434. The third kappa shape index (κ3) is 2.83. The second-order valence-corrected chi connectivity index (χ2v) is 2.76. The molecule has 0 fully saturated rings. The number of hydrogen-bond acceptors (Lipinski definition) is 1. The highest BCUT2D eigenvalue weighted by atomic mass is 19.4. The van der Waals surface area contributed by atoms with Gasteiger partial charge in [-0.15, -0.1) is 0 Å². The summed E-state index contributed by atoms with van der Waals surface area (Å²) < 4.78 is 48.5. The number of carbonyl (C=O) groups excluding carboxylic acids is 1. The number of aldehydes is 1. The summed E-state index contributed by atoms with van der Waals surface area (Å²) in [7, 11) is 0. The van der Waals surface area contributed by atoms with E-state index in [1.54, 1.807) is 0 Å². The summed E-state index contributed by atoms with van der Waals surface area (Å²) in [6.07, 6.45) is -5.39. The van der Waals surface area contributed by atoms with E-state index in [-0.39, 0.29) is 5.56 Å². The van der Waals surface area contributed by atoms with E-state index in [2.05, 4.69) is 0 Å². The minimum absolute atomic E-state index is 0.0217. The molecule has 1 nitrogen and oxygen atoms in total. The van der Waals surface area contributed by atoms with Crippen molar-refractivity contribution in [3.8, 4) is 0 Å². The molecular formula is C9H6F4O. The Morgan fingerprint density at radius 1 is 1.29 bits per heavy atom. The second-order valence-electron chi connectivity index (χ2n) is 2.76. The molecule has 0 amide bonds. The van der Waals surface area contributed by atoms with Crippen LogP contribution in [0.4, 0.5) is 17.6 Å². The van der Waals surface area contributed by atoms with Crippen molar-refractivity contribution in [3.63, 3.8) is 0 Å². The molecule has 1 aromatic rings. The molecule has 0 bridgehead atoms. The van der Waals surface area contributed by atoms with Crippen molar-refractivity contribution in [2.45, 2.75) is 12.6 Å². The Labute approximate surface area is 77.3 Å². The van der Waals surface area contributed by atoms with E-state index in [0.717, 1.165) is 18.2 Å². The van der Waals surface area contributed by atoms with Crippen LogP contribution in [0.2, 0.25) is 0 Å². The molecule has 0 saturated carbocycles. The van der Waals surface area contributed by atoms with Crippen molar-refractivity contribution < 1.29 is 22.4 Å². The van der Waals surface area contributed by atoms with Gasteiger partial charge in [0, 0.05) is 5.56 Å². The Balaban J connectivity index is 2.95. The smallest absolute Gasteiger partial charge is 0.298 e. The van der Waals surface area contributed by atoms with Crippen LogP contribution in [0.3, 0.4) is 0 Å². The Kier molecular flexibility index (Phi) is 2.88. The van der Waals surface area contributed by atoms with Crippen LogP contribution in [0.1, 0.15) is 15.9 Å². The summed E-state index contributed by atoms with van der Waals surface area (Å²) >= 11 is 0. The van der Waals surface area contributed by atoms with Crippen LogP contribution in [0.15, 0.2) is 18.2 Å². The molecule has 0 aliphatic rings. The molecule has 0 aromatic heterocycles. The lowest BCUT2D eigenvalue weighted by Crippen LogP contribution is -2.12. The molecule has 0 atom stereocenters. The van der Waals surface area contributed by atoms with Crippen molar-refractivity contribution >= 4 is 6.29 Å². The maximum absolute atomic E-state index is 12.9. The monoisotopic (exact) mass is 206 g/mol. The zero-order valence-corrected chi connectivity index (χ0v) is 6.94. The molecule has 1 rings (SSSR count). The maximum atomic E-state index is 12.9. The van der Waals surface area contributed by atoms with Gasteiger partial charge < -0.3 is 0 Å². The third-order valence-corrected chi connectivity index (χ3v) is 1.60. The third-order valence-electron chi connectivity index (χ3n) is 1.60. The second kappa shape index (κ2) is 3.77. The van der Waals surface area contributed by atoms with Crippen molar-refractivity contribution in [1.29, 1.82) is 0 Å². The molecule has 14 heavy (non-hydrogen) atoms. The number of hydrogen-bond donors (Lipinski definition) is 0. The first-order valence-corrected chi connectivity index (χ1v) is 3.73. The quantitative estimate of drug-likeness (QED) is 0.537. The van der Waals surface area contributed by atoms with Crippen LogP contribution in [-0.4, -0.2) is 12.5 Å². The van der Waals surface area contributed by atoms with Crippen LogP contribution in [-0.2, 0) is 6.42 Å². The zero-order valence-electron chi connectivity index (χ0n) is 6.94. The number of benzene rings is 1. The van der Waals surface area contributed by atoms with Gasteiger partial charge in [0.1, 0.15) is 12.1 Å². The van der Waals surface area contributed by atoms with E-state index in [0.29, 0.717) is 6.29 Å². The molecule has 1 aromatic carbocycles. The van der Waals surface area contributed by atoms with Gasteiger partial charge in [0.15, 0.2) is 0 Å². The van der Waals surface area contributed by atoms with E-state index < -0.39 is 24.0 Å². The predicted octanol–water partition coefficient (Wildman–Crippen LogP) is 2.74. The van der Waals surface area contributed by atoms with Gasteiger partial charge in [-0.25, -0.2) is 4.39 Å². The minimum Gasteiger partial charge on any atom is -0.298 e. The average molecular weight is 206 g/mol. The van der Waals surface area contributed by atoms with Gasteiger partial charge in [-0.2, -0.15) is 13.2 Å². The average Bonchev–Trinajstić information content (AvgIpc) is 2.06. The molecule has 0 spiro atoms. The number of carbonyl (C=O) groups is 1. The fraction of sp³-hybridized carbons (Fsp3) is 0.222. The van der Waals surface area contributed by atoms with Gasteiger partial charge in [0.2, 0.25) is 0 Å². The highest BCUT2D eigenvalue weighted by molar-refractivity contribution is 5.74. The molecule has 0 aliphatic carbocycles. The molecule has 0 heterocycles. The molecule has 0 unspecified atom stereocenters. The molecule has 0 N–H and O–H groups in total. The molecule has 0 aliphatic heterocycles. The number of halogens is 4. The topological polar surface area (TPSA) is 17.1 Å². The number of rotatable bonds is 2. The van der Waals surface area contributed by atoms with Gasteiger partial charge >= 0.3 is 6.18 Å². The predicted molar refractivity (Wildman–Crippen MR) is 41.5 cm³/mol. The summed E-state index contributed by atoms with van der Waals surface area (Å²) in [4.78, 5) is 10.2. The van der Waals surface area contributed by atoms with Crippen molar-refractivity contribution in [2.24, 2.45) is 0 Å². The van der Waals surface area contributed by atoms with Crippen LogP contribution in [0.5, 0.6) is 0 Å². The normalized spacial score (nSPS) is 11.4. The SMILES string of the molecule is O=Cc1ccc(CC(F)(F)F)c(F)c1. The highest BCUT2D eigenvalue weighted by Crippen LogP contribution is 2.23. The summed E-state index contributed by atoms with van der Waals surface area (Å²) in [6, 6.07) is 2.90. The van der Waals surface area contributed by atoms with Crippen LogP contribution in [0.25, 0.3) is 0 Å². The van der Waals surface area contributed by atoms with Crippen molar-refractivity contribution in [1.82, 2.24) is 0 Å². The summed E-state index contributed by atoms with van der Waals surface area (Å²) in [5.74, 6) is -1.01. The Morgan fingerprint density at radius 2 is 1.93 bits per heavy atom. The molecular weight excluding hydrogens is 200 g/mol. The minimum atomic E-state index is -4.44. The van der Waals surface area contributed by atoms with E-state index in [1.165, 1.54) is 0 Å². The van der Waals surface area contributed by atoms with Crippen molar-refractivity contribution in [2.75, 3.05) is 0 Å². The first-order valence-electron chi connectivity index (χ1n) is 3.73. The van der Waals surface area contributed by atoms with Crippen LogP contribution in [0, 0.1) is 5.82 Å². The maximum Gasteiger partial charge on any atom is 0.393 e. The van der Waals surface area contributed by atoms with Gasteiger partial charge in [0.05, 0.1) is 6.42 Å². The standard InChI is InChI=1S/C9H6F4O/c10-8-3-6(5-14)1-2-7(8)4-9(11,12)13/h1-3,5H,4H2. The Bertz CT molecular complexity index is 343. The van der Waals surface area contributed by atoms with E-state index >= 15 is 0 Å². The fourth-order valence-electron chi connectivity index (χ4n) is 0.996. The van der Waals surface area contributed by atoms with Gasteiger partial charge in [-0.1, -0.05) is 12.1 Å². The number of alkyl halides is 3. The van der Waals surface area contributed by atoms with Gasteiger partial charge in [-0.3, -0.25) is 4.79 Å². The van der Waals surface area contributed by atoms with Crippen molar-refractivity contribution in [3.05, 3.63) is 35.1 Å². The summed E-state index contributed by atoms with van der Waals surface area (Å²) in [5, 5.41) is 0. The van der Waals surface area contributed by atoms with Crippen LogP contribution >= 0.6 is 0 Å². The van der Waals surface area contributed by atoms with Gasteiger partial charge in [0.25, 0.3) is 0 Å². The molecule has 0 radical (unpaired) electrons. The first kappa shape index (κ1) is 10.7. The lowest BCUT2D eigenvalue weighted by atomic mass is 10.1. The fourth-order valence-corrected chi connectivity index (χ4v) is 0.996. The lowest BCUT2D eigenvalue weighted by Gasteiger charge is -2.07. The van der Waals surface area contributed by atoms with E-state index in [1.807, 2.05) is 0 Å². The summed E-state index contributed by atoms with van der Waals surface area (Å²) in [6.45, 7) is 0.